The lowest BCUT2D eigenvalue weighted by Crippen LogP contribution is -2.46. The number of piperazine rings is 1. The second kappa shape index (κ2) is 8.66. The van der Waals surface area contributed by atoms with Gasteiger partial charge in [-0.2, -0.15) is 5.26 Å². The Hall–Kier alpha value is -2.35. The molecule has 0 spiro atoms. The van der Waals surface area contributed by atoms with E-state index in [9.17, 15) is 0 Å². The van der Waals surface area contributed by atoms with Crippen LogP contribution in [-0.4, -0.2) is 49.6 Å². The Kier molecular flexibility index (Phi) is 6.05. The van der Waals surface area contributed by atoms with Gasteiger partial charge in [0.2, 0.25) is 0 Å². The fraction of sp³-hybridized carbons (Fsp3) is 0.381. The van der Waals surface area contributed by atoms with Crippen LogP contribution in [0, 0.1) is 11.3 Å². The van der Waals surface area contributed by atoms with Crippen LogP contribution in [0.2, 0.25) is 0 Å². The summed E-state index contributed by atoms with van der Waals surface area (Å²) < 4.78 is 5.21. The van der Waals surface area contributed by atoms with Gasteiger partial charge in [-0.3, -0.25) is 4.90 Å². The van der Waals surface area contributed by atoms with Gasteiger partial charge in [0.05, 0.1) is 18.7 Å². The van der Waals surface area contributed by atoms with Crippen LogP contribution in [0.5, 0.6) is 5.75 Å². The Labute approximate surface area is 150 Å². The molecule has 1 aliphatic rings. The van der Waals surface area contributed by atoms with E-state index in [0.29, 0.717) is 0 Å². The summed E-state index contributed by atoms with van der Waals surface area (Å²) >= 11 is 0. The molecule has 0 N–H and O–H groups in total. The largest absolute Gasteiger partial charge is 0.497 e. The maximum atomic E-state index is 8.87. The number of ether oxygens (including phenoxy) is 1. The van der Waals surface area contributed by atoms with Crippen molar-refractivity contribution in [2.75, 3.05) is 39.8 Å². The summed E-state index contributed by atoms with van der Waals surface area (Å²) in [4.78, 5) is 5.03. The predicted molar refractivity (Wildman–Crippen MR) is 99.6 cm³/mol. The summed E-state index contributed by atoms with van der Waals surface area (Å²) in [6.45, 7) is 6.51. The van der Waals surface area contributed by atoms with Crippen molar-refractivity contribution in [2.45, 2.75) is 13.0 Å². The van der Waals surface area contributed by atoms with Crippen LogP contribution >= 0.6 is 0 Å². The first-order valence-electron chi connectivity index (χ1n) is 8.83. The maximum Gasteiger partial charge on any atom is 0.118 e. The number of hydrogen-bond acceptors (Lipinski definition) is 4. The highest BCUT2D eigenvalue weighted by Gasteiger charge is 2.16. The average Bonchev–Trinajstić information content (AvgIpc) is 2.68. The van der Waals surface area contributed by atoms with Gasteiger partial charge >= 0.3 is 0 Å². The molecule has 0 bridgehead atoms. The number of hydrogen-bond donors (Lipinski definition) is 0. The molecule has 0 amide bonds. The highest BCUT2D eigenvalue weighted by molar-refractivity contribution is 5.31. The molecule has 0 aliphatic carbocycles. The lowest BCUT2D eigenvalue weighted by Gasteiger charge is -2.34. The minimum Gasteiger partial charge on any atom is -0.497 e. The molecule has 1 fully saturated rings. The van der Waals surface area contributed by atoms with Crippen LogP contribution in [0.25, 0.3) is 0 Å². The molecule has 1 heterocycles. The van der Waals surface area contributed by atoms with E-state index in [2.05, 4.69) is 40.1 Å². The summed E-state index contributed by atoms with van der Waals surface area (Å²) in [5, 5.41) is 8.87. The summed E-state index contributed by atoms with van der Waals surface area (Å²) in [5.74, 6) is 0.917. The van der Waals surface area contributed by atoms with Crippen molar-refractivity contribution in [1.29, 1.82) is 5.26 Å². The smallest absolute Gasteiger partial charge is 0.118 e. The number of rotatable bonds is 6. The summed E-state index contributed by atoms with van der Waals surface area (Å²) in [6, 6.07) is 18.5. The van der Waals surface area contributed by atoms with Crippen molar-refractivity contribution in [1.82, 2.24) is 9.80 Å². The Morgan fingerprint density at radius 3 is 2.08 bits per heavy atom. The van der Waals surface area contributed by atoms with Gasteiger partial charge in [0.1, 0.15) is 5.75 Å². The highest BCUT2D eigenvalue weighted by Crippen LogP contribution is 2.13. The standard InChI is InChI=1S/C21H25N3O/c1-25-21-8-6-18(7-9-21)10-11-23-12-14-24(15-13-23)17-20-4-2-19(16-22)3-5-20/h2-9H,10-15,17H2,1H3. The van der Waals surface area contributed by atoms with Crippen LogP contribution in [0.1, 0.15) is 16.7 Å². The second-order valence-corrected chi connectivity index (χ2v) is 6.52. The fourth-order valence-corrected chi connectivity index (χ4v) is 3.19. The number of nitriles is 1. The van der Waals surface area contributed by atoms with Crippen LogP contribution in [0.15, 0.2) is 48.5 Å². The van der Waals surface area contributed by atoms with Crippen molar-refractivity contribution >= 4 is 0 Å². The van der Waals surface area contributed by atoms with Crippen LogP contribution in [-0.2, 0) is 13.0 Å². The first kappa shape index (κ1) is 17.5. The van der Waals surface area contributed by atoms with Gasteiger partial charge in [-0.25, -0.2) is 0 Å². The van der Waals surface area contributed by atoms with E-state index >= 15 is 0 Å². The SMILES string of the molecule is COc1ccc(CCN2CCN(Cc3ccc(C#N)cc3)CC2)cc1. The first-order valence-corrected chi connectivity index (χ1v) is 8.83. The molecule has 130 valence electrons. The highest BCUT2D eigenvalue weighted by atomic mass is 16.5. The van der Waals surface area contributed by atoms with Gasteiger partial charge in [-0.1, -0.05) is 24.3 Å². The molecule has 25 heavy (non-hydrogen) atoms. The Balaban J connectivity index is 1.41. The molecule has 2 aromatic carbocycles. The molecule has 0 unspecified atom stereocenters. The van der Waals surface area contributed by atoms with Gasteiger partial charge in [-0.15, -0.1) is 0 Å². The van der Waals surface area contributed by atoms with E-state index in [4.69, 9.17) is 10.00 Å². The Morgan fingerprint density at radius 2 is 1.48 bits per heavy atom. The number of benzene rings is 2. The zero-order chi connectivity index (χ0) is 17.5. The Morgan fingerprint density at radius 1 is 0.880 bits per heavy atom. The van der Waals surface area contributed by atoms with E-state index < -0.39 is 0 Å². The van der Waals surface area contributed by atoms with E-state index in [1.807, 2.05) is 24.3 Å². The third kappa shape index (κ3) is 5.06. The van der Waals surface area contributed by atoms with Gasteiger partial charge in [-0.05, 0) is 41.8 Å². The predicted octanol–water partition coefficient (Wildman–Crippen LogP) is 2.93. The molecule has 2 aromatic rings. The molecule has 1 aliphatic heterocycles. The van der Waals surface area contributed by atoms with Crippen molar-refractivity contribution in [3.05, 3.63) is 65.2 Å². The monoisotopic (exact) mass is 335 g/mol. The zero-order valence-corrected chi connectivity index (χ0v) is 14.8. The maximum absolute atomic E-state index is 8.87. The minimum absolute atomic E-state index is 0.729. The van der Waals surface area contributed by atoms with Crippen LogP contribution in [0.4, 0.5) is 0 Å². The van der Waals surface area contributed by atoms with Crippen molar-refractivity contribution < 1.29 is 4.74 Å². The first-order chi connectivity index (χ1) is 12.3. The minimum atomic E-state index is 0.729. The summed E-state index contributed by atoms with van der Waals surface area (Å²) in [6.07, 6.45) is 1.08. The van der Waals surface area contributed by atoms with E-state index in [-0.39, 0.29) is 0 Å². The number of methoxy groups -OCH3 is 1. The van der Waals surface area contributed by atoms with E-state index in [1.54, 1.807) is 7.11 Å². The molecule has 0 saturated carbocycles. The lowest BCUT2D eigenvalue weighted by molar-refractivity contribution is 0.128. The molecule has 4 nitrogen and oxygen atoms in total. The van der Waals surface area contributed by atoms with Crippen LogP contribution < -0.4 is 4.74 Å². The normalized spacial score (nSPS) is 15.7. The average molecular weight is 335 g/mol. The Bertz CT molecular complexity index is 695. The molecule has 0 atom stereocenters. The summed E-state index contributed by atoms with van der Waals surface area (Å²) in [5.41, 5.74) is 3.37. The van der Waals surface area contributed by atoms with Crippen molar-refractivity contribution in [3.8, 4) is 11.8 Å². The molecular formula is C21H25N3O. The van der Waals surface area contributed by atoms with Crippen molar-refractivity contribution in [2.24, 2.45) is 0 Å². The number of nitrogens with zero attached hydrogens (tertiary/aromatic N) is 3. The third-order valence-electron chi connectivity index (χ3n) is 4.83. The summed E-state index contributed by atoms with van der Waals surface area (Å²) in [7, 11) is 1.70. The molecule has 0 radical (unpaired) electrons. The molecule has 3 rings (SSSR count). The van der Waals surface area contributed by atoms with Crippen LogP contribution in [0.3, 0.4) is 0 Å². The van der Waals surface area contributed by atoms with Gasteiger partial charge in [0.25, 0.3) is 0 Å². The van der Waals surface area contributed by atoms with E-state index in [0.717, 1.165) is 57.0 Å². The lowest BCUT2D eigenvalue weighted by atomic mass is 10.1. The fourth-order valence-electron chi connectivity index (χ4n) is 3.19. The van der Waals surface area contributed by atoms with E-state index in [1.165, 1.54) is 11.1 Å². The zero-order valence-electron chi connectivity index (χ0n) is 14.8. The second-order valence-electron chi connectivity index (χ2n) is 6.52. The molecule has 1 saturated heterocycles. The molecule has 0 aromatic heterocycles. The van der Waals surface area contributed by atoms with Gasteiger partial charge in [0, 0.05) is 39.3 Å². The third-order valence-corrected chi connectivity index (χ3v) is 4.83. The van der Waals surface area contributed by atoms with Gasteiger partial charge in [0.15, 0.2) is 0 Å². The topological polar surface area (TPSA) is 39.5 Å². The quantitative estimate of drug-likeness (QED) is 0.814. The van der Waals surface area contributed by atoms with Gasteiger partial charge < -0.3 is 9.64 Å². The van der Waals surface area contributed by atoms with Crippen molar-refractivity contribution in [3.63, 3.8) is 0 Å². The molecular weight excluding hydrogens is 310 g/mol. The molecule has 4 heteroatoms.